The minimum atomic E-state index is -0.962. The molecule has 3 aromatic rings. The van der Waals surface area contributed by atoms with E-state index >= 15 is 0 Å². The number of carbonyl (C=O) groups is 2. The Kier molecular flexibility index (Phi) is 6.13. The molecule has 0 spiro atoms. The van der Waals surface area contributed by atoms with Gasteiger partial charge in [-0.05, 0) is 67.6 Å². The summed E-state index contributed by atoms with van der Waals surface area (Å²) in [6, 6.07) is 20.6. The van der Waals surface area contributed by atoms with Crippen molar-refractivity contribution < 1.29 is 9.59 Å². The summed E-state index contributed by atoms with van der Waals surface area (Å²) >= 11 is 0. The van der Waals surface area contributed by atoms with Crippen LogP contribution in [0.4, 0.5) is 11.4 Å². The minimum absolute atomic E-state index is 0.354. The van der Waals surface area contributed by atoms with Crippen LogP contribution in [0.5, 0.6) is 0 Å². The molecule has 29 heavy (non-hydrogen) atoms. The van der Waals surface area contributed by atoms with Crippen LogP contribution >= 0.6 is 0 Å². The maximum atomic E-state index is 13.2. The molecule has 0 aliphatic rings. The molecule has 2 amide bonds. The van der Waals surface area contributed by atoms with E-state index < -0.39 is 5.92 Å². The SMILES string of the molecule is Cc1cccc(NC(=O)C(C(=O)Nc2cccc(C)c2C)c2ccccc2)c1C. The molecule has 0 unspecified atom stereocenters. The van der Waals surface area contributed by atoms with E-state index in [1.165, 1.54) is 0 Å². The molecule has 0 heterocycles. The highest BCUT2D eigenvalue weighted by Gasteiger charge is 2.29. The number of rotatable bonds is 5. The van der Waals surface area contributed by atoms with E-state index in [-0.39, 0.29) is 11.8 Å². The van der Waals surface area contributed by atoms with Crippen molar-refractivity contribution in [2.75, 3.05) is 10.6 Å². The van der Waals surface area contributed by atoms with Gasteiger partial charge in [-0.1, -0.05) is 54.6 Å². The predicted octanol–water partition coefficient (Wildman–Crippen LogP) is 5.28. The van der Waals surface area contributed by atoms with Crippen molar-refractivity contribution in [2.45, 2.75) is 33.6 Å². The van der Waals surface area contributed by atoms with Gasteiger partial charge in [0.2, 0.25) is 11.8 Å². The van der Waals surface area contributed by atoms with Gasteiger partial charge in [-0.3, -0.25) is 9.59 Å². The first-order chi connectivity index (χ1) is 13.9. The van der Waals surface area contributed by atoms with Crippen molar-refractivity contribution >= 4 is 23.2 Å². The van der Waals surface area contributed by atoms with E-state index in [2.05, 4.69) is 10.6 Å². The van der Waals surface area contributed by atoms with Crippen LogP contribution in [0, 0.1) is 27.7 Å². The summed E-state index contributed by atoms with van der Waals surface area (Å²) < 4.78 is 0. The highest BCUT2D eigenvalue weighted by molar-refractivity contribution is 6.15. The average molecular weight is 386 g/mol. The zero-order valence-corrected chi connectivity index (χ0v) is 17.2. The predicted molar refractivity (Wildman–Crippen MR) is 118 cm³/mol. The number of hydrogen-bond donors (Lipinski definition) is 2. The lowest BCUT2D eigenvalue weighted by molar-refractivity contribution is -0.125. The van der Waals surface area contributed by atoms with E-state index in [0.29, 0.717) is 5.56 Å². The van der Waals surface area contributed by atoms with Crippen LogP contribution in [0.3, 0.4) is 0 Å². The largest absolute Gasteiger partial charge is 0.325 e. The summed E-state index contributed by atoms with van der Waals surface area (Å²) in [7, 11) is 0. The number of hydrogen-bond acceptors (Lipinski definition) is 2. The second-order valence-corrected chi connectivity index (χ2v) is 7.32. The molecule has 0 aromatic heterocycles. The number of nitrogens with one attached hydrogen (secondary N) is 2. The van der Waals surface area contributed by atoms with Gasteiger partial charge in [-0.15, -0.1) is 0 Å². The summed E-state index contributed by atoms with van der Waals surface area (Å²) in [6.07, 6.45) is 0. The van der Waals surface area contributed by atoms with Gasteiger partial charge in [0.25, 0.3) is 0 Å². The Bertz CT molecular complexity index is 976. The first kappa shape index (κ1) is 20.3. The zero-order valence-electron chi connectivity index (χ0n) is 17.2. The zero-order chi connectivity index (χ0) is 21.0. The van der Waals surface area contributed by atoms with Gasteiger partial charge >= 0.3 is 0 Å². The molecule has 148 valence electrons. The van der Waals surface area contributed by atoms with Crippen molar-refractivity contribution in [1.29, 1.82) is 0 Å². The highest BCUT2D eigenvalue weighted by Crippen LogP contribution is 2.25. The van der Waals surface area contributed by atoms with Crippen LogP contribution in [0.2, 0.25) is 0 Å². The first-order valence-electron chi connectivity index (χ1n) is 9.67. The van der Waals surface area contributed by atoms with Gasteiger partial charge in [-0.2, -0.15) is 0 Å². The molecular formula is C25H26N2O2. The Balaban J connectivity index is 1.92. The Labute approximate surface area is 172 Å². The molecule has 0 fully saturated rings. The molecule has 0 aliphatic carbocycles. The number of benzene rings is 3. The van der Waals surface area contributed by atoms with Crippen LogP contribution in [-0.4, -0.2) is 11.8 Å². The van der Waals surface area contributed by atoms with Crippen LogP contribution in [0.1, 0.15) is 33.7 Å². The topological polar surface area (TPSA) is 58.2 Å². The molecule has 3 rings (SSSR count). The van der Waals surface area contributed by atoms with Crippen molar-refractivity contribution in [1.82, 2.24) is 0 Å². The molecule has 0 saturated heterocycles. The molecule has 0 radical (unpaired) electrons. The van der Waals surface area contributed by atoms with Crippen LogP contribution in [0.25, 0.3) is 0 Å². The standard InChI is InChI=1S/C25H26N2O2/c1-16-10-8-14-21(18(16)3)26-24(28)23(20-12-6-5-7-13-20)25(29)27-22-15-9-11-17(2)19(22)4/h5-15,23H,1-4H3,(H,26,28)(H,27,29). The van der Waals surface area contributed by atoms with Gasteiger partial charge in [0, 0.05) is 11.4 Å². The summed E-state index contributed by atoms with van der Waals surface area (Å²) in [6.45, 7) is 7.90. The fourth-order valence-electron chi connectivity index (χ4n) is 3.25. The van der Waals surface area contributed by atoms with Gasteiger partial charge in [0.1, 0.15) is 5.92 Å². The maximum absolute atomic E-state index is 13.2. The second kappa shape index (κ2) is 8.74. The van der Waals surface area contributed by atoms with Gasteiger partial charge in [0.05, 0.1) is 0 Å². The van der Waals surface area contributed by atoms with Crippen LogP contribution < -0.4 is 10.6 Å². The third kappa shape index (κ3) is 4.54. The van der Waals surface area contributed by atoms with E-state index in [9.17, 15) is 9.59 Å². The Morgan fingerprint density at radius 3 is 1.52 bits per heavy atom. The van der Waals surface area contributed by atoms with Crippen molar-refractivity contribution in [3.63, 3.8) is 0 Å². The normalized spacial score (nSPS) is 10.7. The lowest BCUT2D eigenvalue weighted by Crippen LogP contribution is -2.32. The number of carbonyl (C=O) groups excluding carboxylic acids is 2. The monoisotopic (exact) mass is 386 g/mol. The van der Waals surface area contributed by atoms with Gasteiger partial charge in [-0.25, -0.2) is 0 Å². The van der Waals surface area contributed by atoms with Crippen molar-refractivity contribution in [3.05, 3.63) is 94.5 Å². The van der Waals surface area contributed by atoms with Crippen LogP contribution in [0.15, 0.2) is 66.7 Å². The Hall–Kier alpha value is -3.40. The van der Waals surface area contributed by atoms with Gasteiger partial charge in [0.15, 0.2) is 0 Å². The number of aryl methyl sites for hydroxylation is 2. The van der Waals surface area contributed by atoms with E-state index in [4.69, 9.17) is 0 Å². The number of anilines is 2. The molecule has 0 bridgehead atoms. The molecule has 0 aliphatic heterocycles. The fraction of sp³-hybridized carbons (Fsp3) is 0.200. The molecule has 2 N–H and O–H groups in total. The lowest BCUT2D eigenvalue weighted by atomic mass is 9.96. The van der Waals surface area contributed by atoms with E-state index in [1.807, 2.05) is 82.3 Å². The lowest BCUT2D eigenvalue weighted by Gasteiger charge is -2.19. The molecule has 4 nitrogen and oxygen atoms in total. The Morgan fingerprint density at radius 1 is 0.621 bits per heavy atom. The van der Waals surface area contributed by atoms with Crippen LogP contribution in [-0.2, 0) is 9.59 Å². The van der Waals surface area contributed by atoms with E-state index in [0.717, 1.165) is 33.6 Å². The molecule has 0 saturated carbocycles. The molecule has 4 heteroatoms. The third-order valence-corrected chi connectivity index (χ3v) is 5.38. The number of amides is 2. The maximum Gasteiger partial charge on any atom is 0.241 e. The summed E-state index contributed by atoms with van der Waals surface area (Å²) in [5.74, 6) is -1.67. The summed E-state index contributed by atoms with van der Waals surface area (Å²) in [5, 5.41) is 5.89. The second-order valence-electron chi connectivity index (χ2n) is 7.32. The van der Waals surface area contributed by atoms with Crippen molar-refractivity contribution in [2.24, 2.45) is 0 Å². The first-order valence-corrected chi connectivity index (χ1v) is 9.67. The van der Waals surface area contributed by atoms with Gasteiger partial charge < -0.3 is 10.6 Å². The quantitative estimate of drug-likeness (QED) is 0.586. The summed E-state index contributed by atoms with van der Waals surface area (Å²) in [4.78, 5) is 26.4. The van der Waals surface area contributed by atoms with Crippen molar-refractivity contribution in [3.8, 4) is 0 Å². The fourth-order valence-corrected chi connectivity index (χ4v) is 3.25. The van der Waals surface area contributed by atoms with E-state index in [1.54, 1.807) is 12.1 Å². The smallest absolute Gasteiger partial charge is 0.241 e. The third-order valence-electron chi connectivity index (χ3n) is 5.38. The highest BCUT2D eigenvalue weighted by atomic mass is 16.2. The molecule has 3 aromatic carbocycles. The molecule has 0 atom stereocenters. The minimum Gasteiger partial charge on any atom is -0.325 e. The average Bonchev–Trinajstić information content (AvgIpc) is 2.70. The Morgan fingerprint density at radius 2 is 1.07 bits per heavy atom. The molecular weight excluding hydrogens is 360 g/mol. The summed E-state index contributed by atoms with van der Waals surface area (Å²) in [5.41, 5.74) is 6.23.